The summed E-state index contributed by atoms with van der Waals surface area (Å²) in [7, 11) is 1.54. The van der Waals surface area contributed by atoms with Crippen LogP contribution in [0.5, 0.6) is 17.2 Å². The van der Waals surface area contributed by atoms with Crippen molar-refractivity contribution < 1.29 is 28.6 Å². The zero-order chi connectivity index (χ0) is 26.5. The predicted molar refractivity (Wildman–Crippen MR) is 143 cm³/mol. The minimum absolute atomic E-state index is 0.0640. The first-order valence-electron chi connectivity index (χ1n) is 11.4. The van der Waals surface area contributed by atoms with E-state index in [9.17, 15) is 14.4 Å². The highest BCUT2D eigenvalue weighted by atomic mass is 35.5. The Morgan fingerprint density at radius 2 is 1.81 bits per heavy atom. The molecule has 0 spiro atoms. The van der Waals surface area contributed by atoms with E-state index in [1.165, 1.54) is 12.0 Å². The number of carbonyl (C=O) groups is 3. The molecular formula is C28H24ClNO6S. The molecule has 1 heterocycles. The first-order chi connectivity index (χ1) is 17.8. The molecule has 0 bridgehead atoms. The van der Waals surface area contributed by atoms with Gasteiger partial charge in [-0.3, -0.25) is 14.5 Å². The number of carbonyl (C=O) groups excluding carboxylic acids is 3. The Labute approximate surface area is 224 Å². The number of thioether (sulfide) groups is 1. The quantitative estimate of drug-likeness (QED) is 0.184. The van der Waals surface area contributed by atoms with Gasteiger partial charge in [0.2, 0.25) is 0 Å². The fourth-order valence-electron chi connectivity index (χ4n) is 3.66. The summed E-state index contributed by atoms with van der Waals surface area (Å²) in [5, 5.41) is -0.223. The van der Waals surface area contributed by atoms with Gasteiger partial charge in [0.05, 0.1) is 35.8 Å². The standard InChI is InChI=1S/C28H24ClNO6S/c1-4-35-23-14-18(13-22(29)25(23)36-27(32)19-9-11-21(34-3)12-10-19)15-24-26(31)30(28(33)37-24)16-20-8-6-5-7-17(20)2/h5-15H,4,16H2,1-3H3/b24-15-. The van der Waals surface area contributed by atoms with Crippen LogP contribution in [0, 0.1) is 6.92 Å². The molecule has 190 valence electrons. The van der Waals surface area contributed by atoms with Crippen molar-refractivity contribution >= 4 is 46.6 Å². The summed E-state index contributed by atoms with van der Waals surface area (Å²) in [5.74, 6) is -0.0911. The zero-order valence-electron chi connectivity index (χ0n) is 20.4. The Hall–Kier alpha value is -3.75. The summed E-state index contributed by atoms with van der Waals surface area (Å²) in [4.78, 5) is 39.8. The second-order valence-corrected chi connectivity index (χ2v) is 9.48. The summed E-state index contributed by atoms with van der Waals surface area (Å²) in [6, 6.07) is 17.2. The second kappa shape index (κ2) is 11.5. The van der Waals surface area contributed by atoms with E-state index in [0.29, 0.717) is 23.5 Å². The van der Waals surface area contributed by atoms with Gasteiger partial charge in [-0.25, -0.2) is 4.79 Å². The van der Waals surface area contributed by atoms with Gasteiger partial charge >= 0.3 is 5.97 Å². The largest absolute Gasteiger partial charge is 0.497 e. The molecular weight excluding hydrogens is 514 g/mol. The van der Waals surface area contributed by atoms with E-state index in [1.54, 1.807) is 49.4 Å². The molecule has 0 radical (unpaired) electrons. The summed E-state index contributed by atoms with van der Waals surface area (Å²) < 4.78 is 16.3. The molecule has 0 aromatic heterocycles. The van der Waals surface area contributed by atoms with Gasteiger partial charge < -0.3 is 14.2 Å². The molecule has 4 rings (SSSR count). The van der Waals surface area contributed by atoms with Crippen molar-refractivity contribution in [2.75, 3.05) is 13.7 Å². The first kappa shape index (κ1) is 26.3. The third-order valence-electron chi connectivity index (χ3n) is 5.61. The van der Waals surface area contributed by atoms with Crippen molar-refractivity contribution in [2.24, 2.45) is 0 Å². The monoisotopic (exact) mass is 537 g/mol. The number of ether oxygens (including phenoxy) is 3. The molecule has 37 heavy (non-hydrogen) atoms. The predicted octanol–water partition coefficient (Wildman–Crippen LogP) is 6.51. The highest BCUT2D eigenvalue weighted by molar-refractivity contribution is 8.18. The molecule has 1 aliphatic heterocycles. The Morgan fingerprint density at radius 3 is 2.49 bits per heavy atom. The number of aryl methyl sites for hydroxylation is 1. The van der Waals surface area contributed by atoms with Crippen molar-refractivity contribution in [1.29, 1.82) is 0 Å². The average molecular weight is 538 g/mol. The lowest BCUT2D eigenvalue weighted by molar-refractivity contribution is -0.123. The molecule has 3 aromatic carbocycles. The molecule has 0 N–H and O–H groups in total. The van der Waals surface area contributed by atoms with Crippen LogP contribution in [0.15, 0.2) is 65.6 Å². The van der Waals surface area contributed by atoms with Crippen LogP contribution in [0.1, 0.15) is 34.0 Å². The van der Waals surface area contributed by atoms with Crippen LogP contribution in [0.25, 0.3) is 6.08 Å². The smallest absolute Gasteiger partial charge is 0.343 e. The van der Waals surface area contributed by atoms with Crippen LogP contribution in [0.2, 0.25) is 5.02 Å². The lowest BCUT2D eigenvalue weighted by Gasteiger charge is -2.14. The van der Waals surface area contributed by atoms with Crippen molar-refractivity contribution in [1.82, 2.24) is 4.90 Å². The van der Waals surface area contributed by atoms with Crippen LogP contribution < -0.4 is 14.2 Å². The van der Waals surface area contributed by atoms with Gasteiger partial charge in [0.15, 0.2) is 11.5 Å². The minimum Gasteiger partial charge on any atom is -0.497 e. The van der Waals surface area contributed by atoms with E-state index in [4.69, 9.17) is 25.8 Å². The molecule has 0 unspecified atom stereocenters. The lowest BCUT2D eigenvalue weighted by atomic mass is 10.1. The number of rotatable bonds is 8. The maximum Gasteiger partial charge on any atom is 0.343 e. The van der Waals surface area contributed by atoms with Gasteiger partial charge in [0, 0.05) is 0 Å². The van der Waals surface area contributed by atoms with Crippen molar-refractivity contribution in [3.63, 3.8) is 0 Å². The van der Waals surface area contributed by atoms with Crippen molar-refractivity contribution in [3.8, 4) is 17.2 Å². The zero-order valence-corrected chi connectivity index (χ0v) is 22.0. The maximum atomic E-state index is 13.0. The Bertz CT molecular complexity index is 1390. The minimum atomic E-state index is -0.615. The van der Waals surface area contributed by atoms with Gasteiger partial charge in [-0.15, -0.1) is 0 Å². The average Bonchev–Trinajstić information content (AvgIpc) is 3.14. The SMILES string of the molecule is CCOc1cc(/C=C2\SC(=O)N(Cc3ccccc3C)C2=O)cc(Cl)c1OC(=O)c1ccc(OC)cc1. The number of esters is 1. The number of methoxy groups -OCH3 is 1. The highest BCUT2D eigenvalue weighted by Gasteiger charge is 2.35. The number of halogens is 1. The van der Waals surface area contributed by atoms with E-state index < -0.39 is 5.97 Å². The summed E-state index contributed by atoms with van der Waals surface area (Å²) >= 11 is 7.34. The first-order valence-corrected chi connectivity index (χ1v) is 12.6. The van der Waals surface area contributed by atoms with Crippen LogP contribution in [-0.2, 0) is 11.3 Å². The van der Waals surface area contributed by atoms with E-state index in [1.807, 2.05) is 31.2 Å². The molecule has 3 aromatic rings. The van der Waals surface area contributed by atoms with E-state index >= 15 is 0 Å². The molecule has 1 fully saturated rings. The third kappa shape index (κ3) is 5.98. The van der Waals surface area contributed by atoms with Crippen LogP contribution in [0.4, 0.5) is 4.79 Å². The van der Waals surface area contributed by atoms with Gasteiger partial charge in [-0.2, -0.15) is 0 Å². The number of benzene rings is 3. The van der Waals surface area contributed by atoms with Gasteiger partial charge in [-0.05, 0) is 84.8 Å². The number of hydrogen-bond acceptors (Lipinski definition) is 7. The van der Waals surface area contributed by atoms with Gasteiger partial charge in [-0.1, -0.05) is 35.9 Å². The maximum absolute atomic E-state index is 13.0. The van der Waals surface area contributed by atoms with E-state index in [2.05, 4.69) is 0 Å². The number of nitrogens with zero attached hydrogens (tertiary/aromatic N) is 1. The molecule has 1 saturated heterocycles. The van der Waals surface area contributed by atoms with Gasteiger partial charge in [0.1, 0.15) is 5.75 Å². The van der Waals surface area contributed by atoms with E-state index in [-0.39, 0.29) is 39.1 Å². The summed E-state index contributed by atoms with van der Waals surface area (Å²) in [5.41, 5.74) is 2.74. The van der Waals surface area contributed by atoms with Gasteiger partial charge in [0.25, 0.3) is 11.1 Å². The molecule has 7 nitrogen and oxygen atoms in total. The molecule has 2 amide bonds. The Morgan fingerprint density at radius 1 is 1.08 bits per heavy atom. The second-order valence-electron chi connectivity index (χ2n) is 8.08. The Kier molecular flexibility index (Phi) is 8.21. The van der Waals surface area contributed by atoms with Crippen LogP contribution >= 0.6 is 23.4 Å². The Balaban J connectivity index is 1.58. The number of imide groups is 1. The molecule has 0 saturated carbocycles. The summed E-state index contributed by atoms with van der Waals surface area (Å²) in [6.07, 6.45) is 1.58. The molecule has 0 aliphatic carbocycles. The fraction of sp³-hybridized carbons (Fsp3) is 0.179. The summed E-state index contributed by atoms with van der Waals surface area (Å²) in [6.45, 7) is 4.21. The molecule has 0 atom stereocenters. The van der Waals surface area contributed by atoms with E-state index in [0.717, 1.165) is 22.9 Å². The normalized spacial score (nSPS) is 14.3. The highest BCUT2D eigenvalue weighted by Crippen LogP contribution is 2.40. The topological polar surface area (TPSA) is 82.1 Å². The van der Waals surface area contributed by atoms with Crippen LogP contribution in [-0.4, -0.2) is 35.7 Å². The number of amides is 2. The number of hydrogen-bond donors (Lipinski definition) is 0. The van der Waals surface area contributed by atoms with Crippen LogP contribution in [0.3, 0.4) is 0 Å². The molecule has 9 heteroatoms. The lowest BCUT2D eigenvalue weighted by Crippen LogP contribution is -2.27. The third-order valence-corrected chi connectivity index (χ3v) is 6.80. The van der Waals surface area contributed by atoms with Crippen molar-refractivity contribution in [3.05, 3.63) is 92.8 Å². The fourth-order valence-corrected chi connectivity index (χ4v) is 4.75. The van der Waals surface area contributed by atoms with Crippen molar-refractivity contribution in [2.45, 2.75) is 20.4 Å². The molecule has 1 aliphatic rings.